The number of amides is 1. The minimum atomic E-state index is -0.510. The summed E-state index contributed by atoms with van der Waals surface area (Å²) in [5.41, 5.74) is 6.01. The third-order valence-corrected chi connectivity index (χ3v) is 4.95. The van der Waals surface area contributed by atoms with Crippen LogP contribution in [0.5, 0.6) is 5.75 Å². The number of hydrogen-bond acceptors (Lipinski definition) is 5. The highest BCUT2D eigenvalue weighted by molar-refractivity contribution is 5.89. The SMILES string of the molecule is O=C(N/N=C/c1cc(N=Nc2ccccc2)ccc1O)C(c1ccccc1)c1ccccc1. The molecule has 4 rings (SSSR count). The normalized spacial score (nSPS) is 11.3. The van der Waals surface area contributed by atoms with E-state index < -0.39 is 5.92 Å². The summed E-state index contributed by atoms with van der Waals surface area (Å²) in [7, 11) is 0. The lowest BCUT2D eigenvalue weighted by Crippen LogP contribution is -2.26. The molecule has 0 spiro atoms. The predicted octanol–water partition coefficient (Wildman–Crippen LogP) is 6.09. The number of azo groups is 1. The van der Waals surface area contributed by atoms with Crippen LogP contribution >= 0.6 is 0 Å². The van der Waals surface area contributed by atoms with Gasteiger partial charge in [-0.15, -0.1) is 0 Å². The van der Waals surface area contributed by atoms with E-state index in [2.05, 4.69) is 20.8 Å². The lowest BCUT2D eigenvalue weighted by Gasteiger charge is -2.16. The van der Waals surface area contributed by atoms with Gasteiger partial charge in [0.05, 0.1) is 23.5 Å². The number of benzene rings is 4. The van der Waals surface area contributed by atoms with Crippen LogP contribution in [-0.2, 0) is 4.79 Å². The Morgan fingerprint density at radius 1 is 0.727 bits per heavy atom. The van der Waals surface area contributed by atoms with E-state index in [1.165, 1.54) is 12.3 Å². The van der Waals surface area contributed by atoms with E-state index in [1.54, 1.807) is 12.1 Å². The summed E-state index contributed by atoms with van der Waals surface area (Å²) in [6.45, 7) is 0. The fraction of sp³-hybridized carbons (Fsp3) is 0.0370. The molecule has 6 nitrogen and oxygen atoms in total. The molecule has 2 N–H and O–H groups in total. The van der Waals surface area contributed by atoms with Crippen LogP contribution in [0.2, 0.25) is 0 Å². The number of nitrogens with one attached hydrogen (secondary N) is 1. The molecule has 0 saturated carbocycles. The van der Waals surface area contributed by atoms with Crippen molar-refractivity contribution < 1.29 is 9.90 Å². The van der Waals surface area contributed by atoms with E-state index in [1.807, 2.05) is 91.0 Å². The summed E-state index contributed by atoms with van der Waals surface area (Å²) in [4.78, 5) is 13.0. The average Bonchev–Trinajstić information content (AvgIpc) is 2.86. The van der Waals surface area contributed by atoms with E-state index in [0.717, 1.165) is 16.8 Å². The Kier molecular flexibility index (Phi) is 6.98. The van der Waals surface area contributed by atoms with Crippen LogP contribution in [0, 0.1) is 0 Å². The number of hydrazone groups is 1. The van der Waals surface area contributed by atoms with E-state index in [9.17, 15) is 9.90 Å². The van der Waals surface area contributed by atoms with Crippen molar-refractivity contribution in [2.75, 3.05) is 0 Å². The molecule has 0 aliphatic heterocycles. The van der Waals surface area contributed by atoms with Gasteiger partial charge in [0.2, 0.25) is 0 Å². The fourth-order valence-corrected chi connectivity index (χ4v) is 3.33. The topological polar surface area (TPSA) is 86.4 Å². The molecule has 0 atom stereocenters. The molecule has 0 aliphatic carbocycles. The summed E-state index contributed by atoms with van der Waals surface area (Å²) in [5, 5.41) is 22.6. The fourth-order valence-electron chi connectivity index (χ4n) is 3.33. The molecular weight excluding hydrogens is 412 g/mol. The monoisotopic (exact) mass is 434 g/mol. The minimum absolute atomic E-state index is 0.0225. The first-order valence-electron chi connectivity index (χ1n) is 10.4. The summed E-state index contributed by atoms with van der Waals surface area (Å²) in [5.74, 6) is -0.762. The van der Waals surface area contributed by atoms with Crippen LogP contribution in [0.1, 0.15) is 22.6 Å². The second-order valence-electron chi connectivity index (χ2n) is 7.27. The maximum absolute atomic E-state index is 13.0. The molecule has 6 heteroatoms. The Hall–Kier alpha value is -4.58. The Labute approximate surface area is 192 Å². The zero-order valence-corrected chi connectivity index (χ0v) is 17.7. The van der Waals surface area contributed by atoms with Gasteiger partial charge in [-0.2, -0.15) is 15.3 Å². The van der Waals surface area contributed by atoms with Crippen molar-refractivity contribution in [3.05, 3.63) is 126 Å². The zero-order valence-electron chi connectivity index (χ0n) is 17.7. The summed E-state index contributed by atoms with van der Waals surface area (Å²) >= 11 is 0. The lowest BCUT2D eigenvalue weighted by molar-refractivity contribution is -0.121. The van der Waals surface area contributed by atoms with Crippen molar-refractivity contribution in [1.29, 1.82) is 0 Å². The molecular formula is C27H22N4O2. The number of carbonyl (C=O) groups excluding carboxylic acids is 1. The number of phenolic OH excluding ortho intramolecular Hbond substituents is 1. The van der Waals surface area contributed by atoms with E-state index in [0.29, 0.717) is 11.3 Å². The van der Waals surface area contributed by atoms with Gasteiger partial charge in [-0.1, -0.05) is 78.9 Å². The second-order valence-corrected chi connectivity index (χ2v) is 7.27. The van der Waals surface area contributed by atoms with Crippen LogP contribution in [0.15, 0.2) is 125 Å². The maximum atomic E-state index is 13.0. The van der Waals surface area contributed by atoms with Crippen molar-refractivity contribution in [2.24, 2.45) is 15.3 Å². The van der Waals surface area contributed by atoms with Crippen LogP contribution in [-0.4, -0.2) is 17.2 Å². The lowest BCUT2D eigenvalue weighted by atomic mass is 9.91. The molecule has 0 aliphatic rings. The smallest absolute Gasteiger partial charge is 0.252 e. The second kappa shape index (κ2) is 10.6. The van der Waals surface area contributed by atoms with Gasteiger partial charge in [-0.25, -0.2) is 5.43 Å². The van der Waals surface area contributed by atoms with Crippen molar-refractivity contribution in [1.82, 2.24) is 5.43 Å². The van der Waals surface area contributed by atoms with Gasteiger partial charge >= 0.3 is 0 Å². The Balaban J connectivity index is 1.50. The number of hydrogen-bond donors (Lipinski definition) is 2. The van der Waals surface area contributed by atoms with Crippen LogP contribution in [0.4, 0.5) is 11.4 Å². The first kappa shape index (κ1) is 21.6. The van der Waals surface area contributed by atoms with Crippen LogP contribution < -0.4 is 5.43 Å². The molecule has 0 aromatic heterocycles. The Bertz CT molecular complexity index is 1220. The Morgan fingerprint density at radius 3 is 1.88 bits per heavy atom. The first-order chi connectivity index (χ1) is 16.2. The number of rotatable bonds is 7. The highest BCUT2D eigenvalue weighted by Crippen LogP contribution is 2.26. The molecule has 0 unspecified atom stereocenters. The third-order valence-electron chi connectivity index (χ3n) is 4.95. The van der Waals surface area contributed by atoms with Crippen molar-refractivity contribution in [3.63, 3.8) is 0 Å². The van der Waals surface area contributed by atoms with E-state index >= 15 is 0 Å². The van der Waals surface area contributed by atoms with E-state index in [-0.39, 0.29) is 11.7 Å². The Morgan fingerprint density at radius 2 is 1.27 bits per heavy atom. The predicted molar refractivity (Wildman–Crippen MR) is 129 cm³/mol. The third kappa shape index (κ3) is 5.77. The highest BCUT2D eigenvalue weighted by Gasteiger charge is 2.22. The molecule has 4 aromatic rings. The van der Waals surface area contributed by atoms with Gasteiger partial charge in [0, 0.05) is 5.56 Å². The van der Waals surface area contributed by atoms with Crippen LogP contribution in [0.25, 0.3) is 0 Å². The van der Waals surface area contributed by atoms with Gasteiger partial charge in [0.1, 0.15) is 5.75 Å². The summed E-state index contributed by atoms with van der Waals surface area (Å²) in [6.07, 6.45) is 1.39. The van der Waals surface area contributed by atoms with Gasteiger partial charge < -0.3 is 5.11 Å². The number of carbonyl (C=O) groups is 1. The number of phenols is 1. The number of nitrogens with zero attached hydrogens (tertiary/aromatic N) is 3. The first-order valence-corrected chi connectivity index (χ1v) is 10.4. The standard InChI is InChI=1S/C27H22N4O2/c32-25-17-16-24(30-29-23-14-8-3-9-15-23)18-22(25)19-28-31-27(33)26(20-10-4-1-5-11-20)21-12-6-2-7-13-21/h1-19,26,32H,(H,31,33)/b28-19+,30-29?. The largest absolute Gasteiger partial charge is 0.507 e. The number of aromatic hydroxyl groups is 1. The van der Waals surface area contributed by atoms with E-state index in [4.69, 9.17) is 0 Å². The summed E-state index contributed by atoms with van der Waals surface area (Å²) in [6, 6.07) is 33.2. The summed E-state index contributed by atoms with van der Waals surface area (Å²) < 4.78 is 0. The molecule has 33 heavy (non-hydrogen) atoms. The molecule has 0 saturated heterocycles. The van der Waals surface area contributed by atoms with Gasteiger partial charge in [-0.05, 0) is 41.5 Å². The molecule has 0 radical (unpaired) electrons. The molecule has 4 aromatic carbocycles. The van der Waals surface area contributed by atoms with Gasteiger partial charge in [-0.3, -0.25) is 4.79 Å². The molecule has 0 fully saturated rings. The average molecular weight is 434 g/mol. The zero-order chi connectivity index (χ0) is 22.9. The van der Waals surface area contributed by atoms with Crippen LogP contribution in [0.3, 0.4) is 0 Å². The minimum Gasteiger partial charge on any atom is -0.507 e. The molecule has 1 amide bonds. The quantitative estimate of drug-likeness (QED) is 0.209. The maximum Gasteiger partial charge on any atom is 0.252 e. The molecule has 0 bridgehead atoms. The molecule has 162 valence electrons. The highest BCUT2D eigenvalue weighted by atomic mass is 16.3. The van der Waals surface area contributed by atoms with Gasteiger partial charge in [0.15, 0.2) is 0 Å². The van der Waals surface area contributed by atoms with Crippen molar-refractivity contribution >= 4 is 23.5 Å². The van der Waals surface area contributed by atoms with Crippen molar-refractivity contribution in [3.8, 4) is 5.75 Å². The molecule has 0 heterocycles. The van der Waals surface area contributed by atoms with Gasteiger partial charge in [0.25, 0.3) is 5.91 Å². The van der Waals surface area contributed by atoms with Crippen molar-refractivity contribution in [2.45, 2.75) is 5.92 Å².